The topological polar surface area (TPSA) is 107 Å². The second-order valence-electron chi connectivity index (χ2n) is 9.20. The number of hydrogen-bond acceptors (Lipinski definition) is 7. The van der Waals surface area contributed by atoms with E-state index in [2.05, 4.69) is 9.88 Å². The second kappa shape index (κ2) is 8.25. The molecule has 3 aliphatic heterocycles. The molecular weight excluding hydrogens is 420 g/mol. The summed E-state index contributed by atoms with van der Waals surface area (Å²) in [5.41, 5.74) is 3.28. The molecule has 0 radical (unpaired) electrons. The number of likely N-dealkylation sites (tertiary alicyclic amines) is 1. The predicted octanol–water partition coefficient (Wildman–Crippen LogP) is 2.48. The number of rotatable bonds is 4. The van der Waals surface area contributed by atoms with Crippen molar-refractivity contribution in [3.63, 3.8) is 0 Å². The van der Waals surface area contributed by atoms with Gasteiger partial charge in [-0.25, -0.2) is 9.78 Å². The molecule has 1 N–H and O–H groups in total. The van der Waals surface area contributed by atoms with Crippen molar-refractivity contribution in [3.05, 3.63) is 58.3 Å². The van der Waals surface area contributed by atoms with Gasteiger partial charge in [-0.2, -0.15) is 5.26 Å². The van der Waals surface area contributed by atoms with Gasteiger partial charge in [-0.15, -0.1) is 0 Å². The minimum atomic E-state index is -0.668. The Morgan fingerprint density at radius 1 is 1.18 bits per heavy atom. The Kier molecular flexibility index (Phi) is 5.39. The number of carbonyl (C=O) groups excluding carboxylic acids is 2. The van der Waals surface area contributed by atoms with Gasteiger partial charge in [0, 0.05) is 24.8 Å². The number of carbonyl (C=O) groups is 2. The fourth-order valence-corrected chi connectivity index (χ4v) is 5.35. The van der Waals surface area contributed by atoms with Gasteiger partial charge in [0.25, 0.3) is 0 Å². The van der Waals surface area contributed by atoms with Crippen LogP contribution in [0.3, 0.4) is 0 Å². The third kappa shape index (κ3) is 3.67. The summed E-state index contributed by atoms with van der Waals surface area (Å²) in [6.07, 6.45) is 3.12. The normalized spacial score (nSPS) is 20.6. The van der Waals surface area contributed by atoms with Gasteiger partial charge in [-0.3, -0.25) is 9.69 Å². The number of amides is 1. The fraction of sp³-hybridized carbons (Fsp3) is 0.440. The Balaban J connectivity index is 1.22. The van der Waals surface area contributed by atoms with Gasteiger partial charge in [0.05, 0.1) is 22.6 Å². The molecular formula is C25H26N4O4. The summed E-state index contributed by atoms with van der Waals surface area (Å²) in [6, 6.07) is 9.03. The maximum absolute atomic E-state index is 13.3. The van der Waals surface area contributed by atoms with Gasteiger partial charge in [-0.05, 0) is 68.6 Å². The molecule has 8 heteroatoms. The van der Waals surface area contributed by atoms with Crippen molar-refractivity contribution in [2.45, 2.75) is 38.9 Å². The number of fused-ring (bicyclic) bond motifs is 1. The van der Waals surface area contributed by atoms with Crippen molar-refractivity contribution in [3.8, 4) is 6.07 Å². The van der Waals surface area contributed by atoms with Crippen LogP contribution >= 0.6 is 0 Å². The van der Waals surface area contributed by atoms with Crippen LogP contribution in [0.25, 0.3) is 0 Å². The summed E-state index contributed by atoms with van der Waals surface area (Å²) in [5.74, 6) is 0.407. The van der Waals surface area contributed by atoms with E-state index in [1.807, 2.05) is 19.1 Å². The van der Waals surface area contributed by atoms with E-state index in [0.29, 0.717) is 30.0 Å². The number of aliphatic hydroxyl groups is 1. The number of nitriles is 1. The lowest BCUT2D eigenvalue weighted by atomic mass is 9.77. The molecule has 8 nitrogen and oxygen atoms in total. The lowest BCUT2D eigenvalue weighted by Crippen LogP contribution is -2.45. The smallest absolute Gasteiger partial charge is 0.338 e. The van der Waals surface area contributed by atoms with Crippen LogP contribution in [0.1, 0.15) is 58.0 Å². The van der Waals surface area contributed by atoms with Crippen molar-refractivity contribution in [2.75, 3.05) is 31.1 Å². The number of aromatic nitrogens is 1. The number of nitrogens with zero attached hydrogens (tertiary/aromatic N) is 4. The van der Waals surface area contributed by atoms with Crippen LogP contribution in [0.4, 0.5) is 5.82 Å². The third-order valence-electron chi connectivity index (χ3n) is 7.48. The first kappa shape index (κ1) is 21.6. The highest BCUT2D eigenvalue weighted by atomic mass is 16.5. The highest BCUT2D eigenvalue weighted by Gasteiger charge is 2.48. The van der Waals surface area contributed by atoms with Gasteiger partial charge in [0.1, 0.15) is 18.5 Å². The highest BCUT2D eigenvalue weighted by molar-refractivity contribution is 5.99. The SMILES string of the molecule is Cc1c(C(O)CN2CCC3(CC2)CCN(c2ccc(C#N)cn2)C3=O)ccc2c1COC2=O. The van der Waals surface area contributed by atoms with E-state index in [1.165, 1.54) is 6.20 Å². The predicted molar refractivity (Wildman–Crippen MR) is 119 cm³/mol. The average Bonchev–Trinajstić information content (AvgIpc) is 3.36. The van der Waals surface area contributed by atoms with Crippen LogP contribution in [0, 0.1) is 23.7 Å². The molecule has 2 saturated heterocycles. The summed E-state index contributed by atoms with van der Waals surface area (Å²) in [5, 5.41) is 19.9. The Labute approximate surface area is 192 Å². The standard InChI is InChI=1S/C25H26N4O4/c1-16-18(3-4-19-20(16)15-33-23(19)31)21(30)14-28-9-6-25(7-10-28)8-11-29(24(25)32)22-5-2-17(12-26)13-27-22/h2-5,13,21,30H,6-11,14-15H2,1H3. The minimum absolute atomic E-state index is 0.110. The maximum Gasteiger partial charge on any atom is 0.338 e. The van der Waals surface area contributed by atoms with Gasteiger partial charge in [0.2, 0.25) is 5.91 Å². The molecule has 1 aromatic heterocycles. The fourth-order valence-electron chi connectivity index (χ4n) is 5.35. The number of pyridine rings is 1. The van der Waals surface area contributed by atoms with Crippen LogP contribution in [0.2, 0.25) is 0 Å². The Morgan fingerprint density at radius 2 is 1.94 bits per heavy atom. The summed E-state index contributed by atoms with van der Waals surface area (Å²) in [4.78, 5) is 33.3. The first-order chi connectivity index (χ1) is 15.9. The van der Waals surface area contributed by atoms with E-state index >= 15 is 0 Å². The van der Waals surface area contributed by atoms with Crippen LogP contribution in [-0.2, 0) is 16.1 Å². The Bertz CT molecular complexity index is 1150. The molecule has 33 heavy (non-hydrogen) atoms. The first-order valence-electron chi connectivity index (χ1n) is 11.3. The number of benzene rings is 1. The van der Waals surface area contributed by atoms with Crippen molar-refractivity contribution in [2.24, 2.45) is 5.41 Å². The van der Waals surface area contributed by atoms with E-state index < -0.39 is 6.10 Å². The molecule has 4 heterocycles. The lowest BCUT2D eigenvalue weighted by molar-refractivity contribution is -0.128. The van der Waals surface area contributed by atoms with Crippen LogP contribution in [-0.4, -0.2) is 53.0 Å². The van der Waals surface area contributed by atoms with Gasteiger partial charge >= 0.3 is 5.97 Å². The number of piperidine rings is 1. The maximum atomic E-state index is 13.3. The van der Waals surface area contributed by atoms with Gasteiger partial charge < -0.3 is 14.7 Å². The number of hydrogen-bond donors (Lipinski definition) is 1. The van der Waals surface area contributed by atoms with Crippen molar-refractivity contribution in [1.82, 2.24) is 9.88 Å². The molecule has 0 aliphatic carbocycles. The number of esters is 1. The monoisotopic (exact) mass is 446 g/mol. The lowest BCUT2D eigenvalue weighted by Gasteiger charge is -2.38. The minimum Gasteiger partial charge on any atom is -0.457 e. The molecule has 1 unspecified atom stereocenters. The van der Waals surface area contributed by atoms with Crippen LogP contribution in [0.5, 0.6) is 0 Å². The summed E-state index contributed by atoms with van der Waals surface area (Å²) in [6.45, 7) is 4.79. The van der Waals surface area contributed by atoms with E-state index in [0.717, 1.165) is 49.0 Å². The summed E-state index contributed by atoms with van der Waals surface area (Å²) < 4.78 is 5.12. The molecule has 170 valence electrons. The molecule has 2 aromatic rings. The summed E-state index contributed by atoms with van der Waals surface area (Å²) >= 11 is 0. The van der Waals surface area contributed by atoms with Crippen molar-refractivity contribution < 1.29 is 19.4 Å². The molecule has 1 amide bonds. The third-order valence-corrected chi connectivity index (χ3v) is 7.48. The molecule has 2 fully saturated rings. The highest BCUT2D eigenvalue weighted by Crippen LogP contribution is 2.43. The van der Waals surface area contributed by atoms with Crippen LogP contribution in [0.15, 0.2) is 30.5 Å². The Hall–Kier alpha value is -3.28. The zero-order valence-electron chi connectivity index (χ0n) is 18.6. The van der Waals surface area contributed by atoms with E-state index in [9.17, 15) is 14.7 Å². The summed E-state index contributed by atoms with van der Waals surface area (Å²) in [7, 11) is 0. The molecule has 5 rings (SSSR count). The quantitative estimate of drug-likeness (QED) is 0.719. The van der Waals surface area contributed by atoms with E-state index in [1.54, 1.807) is 23.1 Å². The number of ether oxygens (including phenoxy) is 1. The van der Waals surface area contributed by atoms with Crippen LogP contribution < -0.4 is 4.90 Å². The largest absolute Gasteiger partial charge is 0.457 e. The number of β-amino-alcohol motifs (C(OH)–C–C–N with tert-alkyl or cyclic N) is 1. The second-order valence-corrected chi connectivity index (χ2v) is 9.20. The zero-order chi connectivity index (χ0) is 23.2. The van der Waals surface area contributed by atoms with Crippen molar-refractivity contribution >= 4 is 17.7 Å². The average molecular weight is 447 g/mol. The Morgan fingerprint density at radius 3 is 2.64 bits per heavy atom. The molecule has 1 aromatic carbocycles. The molecule has 0 saturated carbocycles. The number of aliphatic hydroxyl groups excluding tert-OH is 1. The molecule has 0 bridgehead atoms. The van der Waals surface area contributed by atoms with E-state index in [-0.39, 0.29) is 23.9 Å². The first-order valence-corrected chi connectivity index (χ1v) is 11.3. The molecule has 1 atom stereocenters. The number of anilines is 1. The van der Waals surface area contributed by atoms with E-state index in [4.69, 9.17) is 10.00 Å². The van der Waals surface area contributed by atoms with Gasteiger partial charge in [0.15, 0.2) is 0 Å². The molecule has 3 aliphatic rings. The zero-order valence-corrected chi connectivity index (χ0v) is 18.6. The van der Waals surface area contributed by atoms with Gasteiger partial charge in [-0.1, -0.05) is 6.07 Å². The van der Waals surface area contributed by atoms with Crippen molar-refractivity contribution in [1.29, 1.82) is 5.26 Å². The molecule has 1 spiro atoms. The number of cyclic esters (lactones) is 1.